The fourth-order valence-corrected chi connectivity index (χ4v) is 2.97. The van der Waals surface area contributed by atoms with Crippen molar-refractivity contribution in [3.63, 3.8) is 0 Å². The van der Waals surface area contributed by atoms with Crippen LogP contribution in [0.2, 0.25) is 0 Å². The smallest absolute Gasteiger partial charge is 0.416 e. The number of hydrogen-bond acceptors (Lipinski definition) is 3. The Morgan fingerprint density at radius 1 is 1.08 bits per heavy atom. The van der Waals surface area contributed by atoms with Gasteiger partial charge in [0.25, 0.3) is 0 Å². The van der Waals surface area contributed by atoms with Crippen molar-refractivity contribution in [2.75, 3.05) is 12.8 Å². The van der Waals surface area contributed by atoms with Crippen LogP contribution in [0.3, 0.4) is 0 Å². The molecule has 0 radical (unpaired) electrons. The van der Waals surface area contributed by atoms with E-state index in [1.807, 2.05) is 0 Å². The summed E-state index contributed by atoms with van der Waals surface area (Å²) < 4.78 is 45.9. The predicted molar refractivity (Wildman–Crippen MR) is 93.9 cm³/mol. The van der Waals surface area contributed by atoms with Crippen molar-refractivity contribution in [3.05, 3.63) is 54.1 Å². The molecule has 0 aliphatic carbocycles. The lowest BCUT2D eigenvalue weighted by molar-refractivity contribution is -0.137. The Bertz CT molecular complexity index is 962. The van der Waals surface area contributed by atoms with E-state index in [4.69, 9.17) is 10.5 Å². The third-order valence-corrected chi connectivity index (χ3v) is 4.25. The van der Waals surface area contributed by atoms with Crippen LogP contribution in [0.25, 0.3) is 22.4 Å². The maximum absolute atomic E-state index is 13.0. The number of ether oxygens (including phenoxy) is 1. The van der Waals surface area contributed by atoms with Crippen LogP contribution in [0, 0.1) is 0 Å². The zero-order valence-corrected chi connectivity index (χ0v) is 14.1. The number of anilines is 1. The van der Waals surface area contributed by atoms with E-state index in [0.717, 1.165) is 12.1 Å². The Hall–Kier alpha value is -3.09. The van der Waals surface area contributed by atoms with Crippen molar-refractivity contribution < 1.29 is 23.0 Å². The summed E-state index contributed by atoms with van der Waals surface area (Å²) in [6, 6.07) is 11.7. The van der Waals surface area contributed by atoms with Gasteiger partial charge in [-0.2, -0.15) is 13.2 Å². The minimum atomic E-state index is -4.49. The highest BCUT2D eigenvalue weighted by Crippen LogP contribution is 2.47. The van der Waals surface area contributed by atoms with Crippen LogP contribution in [-0.4, -0.2) is 16.8 Å². The Morgan fingerprint density at radius 2 is 1.77 bits per heavy atom. The molecule has 0 amide bonds. The van der Waals surface area contributed by atoms with Crippen molar-refractivity contribution >= 4 is 5.82 Å². The second kappa shape index (κ2) is 6.33. The molecule has 0 aliphatic heterocycles. The van der Waals surface area contributed by atoms with Gasteiger partial charge in [0.1, 0.15) is 11.6 Å². The molecular weight excluding hydrogens is 345 g/mol. The Balaban J connectivity index is 2.24. The zero-order valence-electron chi connectivity index (χ0n) is 14.1. The van der Waals surface area contributed by atoms with Crippen LogP contribution >= 0.6 is 0 Å². The number of aromatic nitrogens is 1. The quantitative estimate of drug-likeness (QED) is 0.712. The highest BCUT2D eigenvalue weighted by atomic mass is 19.4. The monoisotopic (exact) mass is 362 g/mol. The number of benzene rings is 2. The normalized spacial score (nSPS) is 11.6. The lowest BCUT2D eigenvalue weighted by atomic mass is 10.0. The van der Waals surface area contributed by atoms with Gasteiger partial charge in [0.2, 0.25) is 0 Å². The van der Waals surface area contributed by atoms with Crippen molar-refractivity contribution in [1.82, 2.24) is 4.57 Å². The molecule has 0 fully saturated rings. The fourth-order valence-electron chi connectivity index (χ4n) is 2.97. The van der Waals surface area contributed by atoms with E-state index in [0.29, 0.717) is 17.0 Å². The maximum Gasteiger partial charge on any atom is 0.416 e. The Kier molecular flexibility index (Phi) is 4.31. The Labute approximate surface area is 148 Å². The third-order valence-electron chi connectivity index (χ3n) is 4.25. The average molecular weight is 362 g/mol. The van der Waals surface area contributed by atoms with Crippen molar-refractivity contribution in [2.45, 2.75) is 6.18 Å². The molecular formula is C19H17F3N2O2. The number of para-hydroxylation sites is 1. The molecule has 26 heavy (non-hydrogen) atoms. The first kappa shape index (κ1) is 17.7. The molecule has 0 saturated carbocycles. The van der Waals surface area contributed by atoms with Crippen molar-refractivity contribution in [3.8, 4) is 33.9 Å². The van der Waals surface area contributed by atoms with E-state index >= 15 is 0 Å². The van der Waals surface area contributed by atoms with E-state index in [2.05, 4.69) is 0 Å². The molecule has 0 bridgehead atoms. The third kappa shape index (κ3) is 2.85. The van der Waals surface area contributed by atoms with Crippen LogP contribution in [0.1, 0.15) is 5.56 Å². The number of nitrogens with two attached hydrogens (primary N) is 1. The predicted octanol–water partition coefficient (Wildman–Crippen LogP) is 4.67. The van der Waals surface area contributed by atoms with Crippen LogP contribution in [0.4, 0.5) is 19.0 Å². The lowest BCUT2D eigenvalue weighted by Crippen LogP contribution is -2.04. The number of halogens is 3. The molecule has 1 aromatic heterocycles. The van der Waals surface area contributed by atoms with E-state index in [1.54, 1.807) is 31.3 Å². The van der Waals surface area contributed by atoms with E-state index in [-0.39, 0.29) is 22.7 Å². The molecule has 1 heterocycles. The molecule has 4 nitrogen and oxygen atoms in total. The number of nitrogen functional groups attached to an aromatic ring is 1. The van der Waals surface area contributed by atoms with Crippen LogP contribution < -0.4 is 10.5 Å². The van der Waals surface area contributed by atoms with Gasteiger partial charge in [-0.05, 0) is 29.8 Å². The van der Waals surface area contributed by atoms with Gasteiger partial charge in [-0.1, -0.05) is 24.3 Å². The molecule has 0 unspecified atom stereocenters. The average Bonchev–Trinajstić information content (AvgIpc) is 2.83. The number of rotatable bonds is 3. The van der Waals surface area contributed by atoms with Gasteiger partial charge in [-0.3, -0.25) is 0 Å². The molecule has 0 spiro atoms. The number of aromatic hydroxyl groups is 1. The first-order valence-electron chi connectivity index (χ1n) is 7.73. The van der Waals surface area contributed by atoms with Gasteiger partial charge in [0, 0.05) is 12.6 Å². The first-order valence-corrected chi connectivity index (χ1v) is 7.73. The molecule has 0 saturated heterocycles. The second-order valence-electron chi connectivity index (χ2n) is 5.80. The molecule has 136 valence electrons. The van der Waals surface area contributed by atoms with Gasteiger partial charge in [0.05, 0.1) is 23.9 Å². The van der Waals surface area contributed by atoms with Crippen LogP contribution in [0.15, 0.2) is 48.5 Å². The summed E-state index contributed by atoms with van der Waals surface area (Å²) in [5.74, 6) is 0.468. The molecule has 3 N–H and O–H groups in total. The standard InChI is InChI=1S/C19H17F3N2O2/c1-24-16(13-8-3-4-9-14(13)26-2)17(25)15(18(24)23)11-6-5-7-12(10-11)19(20,21)22/h3-10,25H,23H2,1-2H3. The molecule has 3 aromatic rings. The minimum Gasteiger partial charge on any atom is -0.505 e. The summed E-state index contributed by atoms with van der Waals surface area (Å²) in [4.78, 5) is 0. The summed E-state index contributed by atoms with van der Waals surface area (Å²) in [5.41, 5.74) is 6.59. The largest absolute Gasteiger partial charge is 0.505 e. The minimum absolute atomic E-state index is 0.152. The number of nitrogens with zero attached hydrogens (tertiary/aromatic N) is 1. The summed E-state index contributed by atoms with van der Waals surface area (Å²) in [5, 5.41) is 10.8. The maximum atomic E-state index is 13.0. The number of hydrogen-bond donors (Lipinski definition) is 2. The number of methoxy groups -OCH3 is 1. The number of alkyl halides is 3. The topological polar surface area (TPSA) is 60.4 Å². The SMILES string of the molecule is COc1ccccc1-c1c(O)c(-c2cccc(C(F)(F)F)c2)c(N)n1C. The van der Waals surface area contributed by atoms with Gasteiger partial charge >= 0.3 is 6.18 Å². The molecule has 3 rings (SSSR count). The van der Waals surface area contributed by atoms with E-state index in [9.17, 15) is 18.3 Å². The Morgan fingerprint density at radius 3 is 2.42 bits per heavy atom. The zero-order chi connectivity index (χ0) is 19.1. The van der Waals surface area contributed by atoms with Crippen LogP contribution in [0.5, 0.6) is 11.5 Å². The van der Waals surface area contributed by atoms with Gasteiger partial charge < -0.3 is 20.1 Å². The van der Waals surface area contributed by atoms with E-state index in [1.165, 1.54) is 23.8 Å². The highest BCUT2D eigenvalue weighted by Gasteiger charge is 2.31. The van der Waals surface area contributed by atoms with E-state index < -0.39 is 11.7 Å². The second-order valence-corrected chi connectivity index (χ2v) is 5.80. The van der Waals surface area contributed by atoms with Gasteiger partial charge in [-0.15, -0.1) is 0 Å². The van der Waals surface area contributed by atoms with Crippen molar-refractivity contribution in [2.24, 2.45) is 7.05 Å². The van der Waals surface area contributed by atoms with Crippen LogP contribution in [-0.2, 0) is 13.2 Å². The van der Waals surface area contributed by atoms with Crippen molar-refractivity contribution in [1.29, 1.82) is 0 Å². The fraction of sp³-hybridized carbons (Fsp3) is 0.158. The summed E-state index contributed by atoms with van der Waals surface area (Å²) in [6.45, 7) is 0. The van der Waals surface area contributed by atoms with Gasteiger partial charge in [-0.25, -0.2) is 0 Å². The molecule has 0 atom stereocenters. The molecule has 7 heteroatoms. The highest BCUT2D eigenvalue weighted by molar-refractivity contribution is 5.90. The molecule has 0 aliphatic rings. The van der Waals surface area contributed by atoms with Gasteiger partial charge in [0.15, 0.2) is 5.75 Å². The molecule has 2 aromatic carbocycles. The first-order chi connectivity index (χ1) is 12.3. The summed E-state index contributed by atoms with van der Waals surface area (Å²) >= 11 is 0. The summed E-state index contributed by atoms with van der Waals surface area (Å²) in [6.07, 6.45) is -4.49. The summed E-state index contributed by atoms with van der Waals surface area (Å²) in [7, 11) is 3.13. The lowest BCUT2D eigenvalue weighted by Gasteiger charge is -2.10.